The third-order valence-electron chi connectivity index (χ3n) is 3.65. The summed E-state index contributed by atoms with van der Waals surface area (Å²) in [5.41, 5.74) is 1.74. The third-order valence-corrected chi connectivity index (χ3v) is 3.65. The van der Waals surface area contributed by atoms with E-state index in [1.165, 1.54) is 4.90 Å². The van der Waals surface area contributed by atoms with Gasteiger partial charge in [0, 0.05) is 11.6 Å². The Morgan fingerprint density at radius 2 is 1.81 bits per heavy atom. The molecule has 1 atom stereocenters. The van der Waals surface area contributed by atoms with Gasteiger partial charge in [0.1, 0.15) is 6.54 Å². The highest BCUT2D eigenvalue weighted by atomic mass is 16.4. The van der Waals surface area contributed by atoms with Crippen LogP contribution in [-0.2, 0) is 9.59 Å². The van der Waals surface area contributed by atoms with Crippen molar-refractivity contribution in [3.05, 3.63) is 29.8 Å². The summed E-state index contributed by atoms with van der Waals surface area (Å²) in [6, 6.07) is 7.40. The summed E-state index contributed by atoms with van der Waals surface area (Å²) >= 11 is 0. The van der Waals surface area contributed by atoms with Gasteiger partial charge in [-0.3, -0.25) is 9.59 Å². The van der Waals surface area contributed by atoms with E-state index in [0.717, 1.165) is 31.2 Å². The molecule has 4 heteroatoms. The molecule has 116 valence electrons. The predicted octanol–water partition coefficient (Wildman–Crippen LogP) is 3.63. The number of hydrogen-bond acceptors (Lipinski definition) is 2. The molecule has 0 aliphatic heterocycles. The number of hydrogen-bond donors (Lipinski definition) is 1. The fourth-order valence-corrected chi connectivity index (χ4v) is 2.33. The second-order valence-electron chi connectivity index (χ2n) is 5.40. The number of aliphatic carboxylic acids is 1. The van der Waals surface area contributed by atoms with E-state index < -0.39 is 5.97 Å². The van der Waals surface area contributed by atoms with Crippen LogP contribution in [0.2, 0.25) is 0 Å². The van der Waals surface area contributed by atoms with E-state index in [2.05, 4.69) is 6.92 Å². The highest BCUT2D eigenvalue weighted by molar-refractivity contribution is 5.98. The summed E-state index contributed by atoms with van der Waals surface area (Å²) < 4.78 is 0. The van der Waals surface area contributed by atoms with Gasteiger partial charge >= 0.3 is 5.97 Å². The third kappa shape index (κ3) is 5.21. The quantitative estimate of drug-likeness (QED) is 0.795. The summed E-state index contributed by atoms with van der Waals surface area (Å²) in [6.07, 6.45) is 3.57. The molecule has 0 heterocycles. The van der Waals surface area contributed by atoms with Crippen molar-refractivity contribution >= 4 is 17.6 Å². The van der Waals surface area contributed by atoms with Gasteiger partial charge in [-0.25, -0.2) is 0 Å². The van der Waals surface area contributed by atoms with Crippen LogP contribution in [0.25, 0.3) is 0 Å². The van der Waals surface area contributed by atoms with E-state index in [9.17, 15) is 9.59 Å². The van der Waals surface area contributed by atoms with E-state index >= 15 is 0 Å². The maximum atomic E-state index is 12.7. The molecule has 21 heavy (non-hydrogen) atoms. The number of nitrogens with zero attached hydrogens (tertiary/aromatic N) is 1. The molecule has 4 nitrogen and oxygen atoms in total. The molecule has 0 aromatic heterocycles. The minimum Gasteiger partial charge on any atom is -0.480 e. The van der Waals surface area contributed by atoms with Crippen LogP contribution in [0.4, 0.5) is 5.69 Å². The topological polar surface area (TPSA) is 57.6 Å². The SMILES string of the molecule is CCCCC(CC)C(=O)N(CC(=O)O)c1ccc(C)cc1. The van der Waals surface area contributed by atoms with Gasteiger partial charge in [-0.1, -0.05) is 44.4 Å². The zero-order chi connectivity index (χ0) is 15.8. The second kappa shape index (κ2) is 8.45. The smallest absolute Gasteiger partial charge is 0.323 e. The van der Waals surface area contributed by atoms with Crippen LogP contribution in [0, 0.1) is 12.8 Å². The molecule has 0 aliphatic rings. The first-order valence-electron chi connectivity index (χ1n) is 7.59. The Morgan fingerprint density at radius 3 is 2.29 bits per heavy atom. The number of benzene rings is 1. The molecule has 0 radical (unpaired) electrons. The Labute approximate surface area is 126 Å². The highest BCUT2D eigenvalue weighted by Crippen LogP contribution is 2.22. The van der Waals surface area contributed by atoms with Gasteiger partial charge in [0.25, 0.3) is 0 Å². The van der Waals surface area contributed by atoms with E-state index in [4.69, 9.17) is 5.11 Å². The lowest BCUT2D eigenvalue weighted by molar-refractivity contribution is -0.137. The zero-order valence-electron chi connectivity index (χ0n) is 13.1. The molecule has 1 unspecified atom stereocenters. The van der Waals surface area contributed by atoms with E-state index in [0.29, 0.717) is 5.69 Å². The van der Waals surface area contributed by atoms with Crippen LogP contribution in [0.1, 0.15) is 45.1 Å². The van der Waals surface area contributed by atoms with Gasteiger partial charge in [0.2, 0.25) is 5.91 Å². The van der Waals surface area contributed by atoms with E-state index in [1.807, 2.05) is 38.1 Å². The Bertz CT molecular complexity index is 467. The largest absolute Gasteiger partial charge is 0.480 e. The molecule has 1 N–H and O–H groups in total. The van der Waals surface area contributed by atoms with Gasteiger partial charge < -0.3 is 10.0 Å². The van der Waals surface area contributed by atoms with Crippen LogP contribution < -0.4 is 4.90 Å². The Morgan fingerprint density at radius 1 is 1.19 bits per heavy atom. The maximum Gasteiger partial charge on any atom is 0.323 e. The molecule has 0 spiro atoms. The van der Waals surface area contributed by atoms with Crippen molar-refractivity contribution in [2.45, 2.75) is 46.5 Å². The van der Waals surface area contributed by atoms with Crippen molar-refractivity contribution in [2.24, 2.45) is 5.92 Å². The van der Waals surface area contributed by atoms with Crippen molar-refractivity contribution < 1.29 is 14.7 Å². The normalized spacial score (nSPS) is 12.0. The first-order chi connectivity index (χ1) is 9.99. The minimum absolute atomic E-state index is 0.0859. The van der Waals surface area contributed by atoms with E-state index in [-0.39, 0.29) is 18.4 Å². The molecule has 1 rings (SSSR count). The van der Waals surface area contributed by atoms with Gasteiger partial charge in [0.15, 0.2) is 0 Å². The van der Waals surface area contributed by atoms with Crippen molar-refractivity contribution in [1.82, 2.24) is 0 Å². The zero-order valence-corrected chi connectivity index (χ0v) is 13.1. The van der Waals surface area contributed by atoms with Crippen LogP contribution >= 0.6 is 0 Å². The lowest BCUT2D eigenvalue weighted by Gasteiger charge is -2.25. The first kappa shape index (κ1) is 17.2. The molecular formula is C17H25NO3. The molecule has 0 saturated carbocycles. The van der Waals surface area contributed by atoms with Crippen molar-refractivity contribution in [3.8, 4) is 0 Å². The summed E-state index contributed by atoms with van der Waals surface area (Å²) in [5, 5.41) is 9.09. The Kier molecular flexibility index (Phi) is 6.92. The van der Waals surface area contributed by atoms with Crippen LogP contribution in [0.3, 0.4) is 0 Å². The molecule has 0 fully saturated rings. The molecule has 0 aliphatic carbocycles. The number of rotatable bonds is 8. The number of carboxylic acids is 1. The molecule has 1 amide bonds. The summed E-state index contributed by atoms with van der Waals surface area (Å²) in [4.78, 5) is 25.1. The Balaban J connectivity index is 2.97. The number of unbranched alkanes of at least 4 members (excludes halogenated alkanes) is 1. The maximum absolute atomic E-state index is 12.7. The minimum atomic E-state index is -0.991. The van der Waals surface area contributed by atoms with Crippen molar-refractivity contribution in [2.75, 3.05) is 11.4 Å². The van der Waals surface area contributed by atoms with Crippen LogP contribution in [-0.4, -0.2) is 23.5 Å². The standard InChI is InChI=1S/C17H25NO3/c1-4-6-7-14(5-2)17(21)18(12-16(19)20)15-10-8-13(3)9-11-15/h8-11,14H,4-7,12H2,1-3H3,(H,19,20). The number of carbonyl (C=O) groups excluding carboxylic acids is 1. The second-order valence-corrected chi connectivity index (χ2v) is 5.40. The number of aryl methyl sites for hydroxylation is 1. The average molecular weight is 291 g/mol. The monoisotopic (exact) mass is 291 g/mol. The summed E-state index contributed by atoms with van der Waals surface area (Å²) in [6.45, 7) is 5.74. The lowest BCUT2D eigenvalue weighted by atomic mass is 9.97. The predicted molar refractivity (Wildman–Crippen MR) is 84.5 cm³/mol. The van der Waals surface area contributed by atoms with Gasteiger partial charge in [-0.05, 0) is 31.9 Å². The first-order valence-corrected chi connectivity index (χ1v) is 7.59. The fourth-order valence-electron chi connectivity index (χ4n) is 2.33. The van der Waals surface area contributed by atoms with Gasteiger partial charge in [0.05, 0.1) is 0 Å². The average Bonchev–Trinajstić information content (AvgIpc) is 2.46. The van der Waals surface area contributed by atoms with Crippen LogP contribution in [0.5, 0.6) is 0 Å². The molecule has 1 aromatic rings. The highest BCUT2D eigenvalue weighted by Gasteiger charge is 2.25. The lowest BCUT2D eigenvalue weighted by Crippen LogP contribution is -2.39. The Hall–Kier alpha value is -1.84. The number of carbonyl (C=O) groups is 2. The fraction of sp³-hybridized carbons (Fsp3) is 0.529. The van der Waals surface area contributed by atoms with Crippen LogP contribution in [0.15, 0.2) is 24.3 Å². The molecule has 1 aromatic carbocycles. The van der Waals surface area contributed by atoms with Crippen molar-refractivity contribution in [1.29, 1.82) is 0 Å². The summed E-state index contributed by atoms with van der Waals surface area (Å²) in [5.74, 6) is -1.18. The van der Waals surface area contributed by atoms with E-state index in [1.54, 1.807) is 0 Å². The van der Waals surface area contributed by atoms with Gasteiger partial charge in [-0.15, -0.1) is 0 Å². The number of anilines is 1. The number of amides is 1. The molecule has 0 saturated heterocycles. The molecule has 0 bridgehead atoms. The summed E-state index contributed by atoms with van der Waals surface area (Å²) in [7, 11) is 0. The van der Waals surface area contributed by atoms with Crippen molar-refractivity contribution in [3.63, 3.8) is 0 Å². The van der Waals surface area contributed by atoms with Gasteiger partial charge in [-0.2, -0.15) is 0 Å². The number of carboxylic acid groups (broad SMARTS) is 1. The molecular weight excluding hydrogens is 266 g/mol.